The maximum absolute atomic E-state index is 12.7. The number of para-hydroxylation sites is 1. The molecule has 1 aliphatic heterocycles. The lowest BCUT2D eigenvalue weighted by atomic mass is 10.1. The van der Waals surface area contributed by atoms with E-state index >= 15 is 0 Å². The van der Waals surface area contributed by atoms with Crippen molar-refractivity contribution >= 4 is 33.4 Å². The van der Waals surface area contributed by atoms with E-state index in [2.05, 4.69) is 26.1 Å². The van der Waals surface area contributed by atoms with Crippen molar-refractivity contribution in [1.29, 1.82) is 0 Å². The van der Waals surface area contributed by atoms with Crippen LogP contribution >= 0.6 is 15.9 Å². The number of ether oxygens (including phenoxy) is 1. The van der Waals surface area contributed by atoms with E-state index in [9.17, 15) is 9.59 Å². The highest BCUT2D eigenvalue weighted by Gasteiger charge is 2.20. The molecule has 3 rings (SSSR count). The van der Waals surface area contributed by atoms with Crippen LogP contribution in [-0.4, -0.2) is 61.4 Å². The number of methoxy groups -OCH3 is 1. The highest BCUT2D eigenvalue weighted by atomic mass is 79.9. The molecule has 0 atom stereocenters. The smallest absolute Gasteiger partial charge is 0.238 e. The average molecular weight is 474 g/mol. The topological polar surface area (TPSA) is 61.9 Å². The van der Waals surface area contributed by atoms with Gasteiger partial charge in [-0.2, -0.15) is 0 Å². The van der Waals surface area contributed by atoms with Gasteiger partial charge in [0.05, 0.1) is 19.3 Å². The quantitative estimate of drug-likeness (QED) is 0.667. The van der Waals surface area contributed by atoms with Crippen LogP contribution in [-0.2, 0) is 16.0 Å². The molecule has 1 aliphatic rings. The molecule has 2 aromatic carbocycles. The minimum absolute atomic E-state index is 0.0406. The fourth-order valence-electron chi connectivity index (χ4n) is 3.54. The third-order valence-corrected chi connectivity index (χ3v) is 5.93. The molecule has 0 saturated carbocycles. The number of carbonyl (C=O) groups excluding carboxylic acids is 2. The van der Waals surface area contributed by atoms with E-state index in [0.29, 0.717) is 26.1 Å². The second kappa shape index (κ2) is 11.1. The lowest BCUT2D eigenvalue weighted by molar-refractivity contribution is -0.131. The predicted octanol–water partition coefficient (Wildman–Crippen LogP) is 3.56. The van der Waals surface area contributed by atoms with Gasteiger partial charge in [-0.15, -0.1) is 0 Å². The van der Waals surface area contributed by atoms with Crippen molar-refractivity contribution in [3.63, 3.8) is 0 Å². The summed E-state index contributed by atoms with van der Waals surface area (Å²) in [4.78, 5) is 29.1. The predicted molar refractivity (Wildman–Crippen MR) is 122 cm³/mol. The fourth-order valence-corrected chi connectivity index (χ4v) is 3.92. The van der Waals surface area contributed by atoms with Gasteiger partial charge in [0, 0.05) is 37.1 Å². The Kier molecular flexibility index (Phi) is 8.28. The SMILES string of the molecule is COc1ccc(CCC(=O)N2CCCN(CC(=O)Nc3ccccc3Br)CC2)cc1. The first-order valence-corrected chi connectivity index (χ1v) is 11.0. The zero-order valence-corrected chi connectivity index (χ0v) is 18.9. The molecule has 7 heteroatoms. The highest BCUT2D eigenvalue weighted by Crippen LogP contribution is 2.21. The van der Waals surface area contributed by atoms with Gasteiger partial charge in [-0.25, -0.2) is 0 Å². The van der Waals surface area contributed by atoms with Crippen molar-refractivity contribution < 1.29 is 14.3 Å². The van der Waals surface area contributed by atoms with Crippen LogP contribution in [0.15, 0.2) is 53.0 Å². The van der Waals surface area contributed by atoms with Crippen LogP contribution in [0.25, 0.3) is 0 Å². The molecule has 0 bridgehead atoms. The summed E-state index contributed by atoms with van der Waals surface area (Å²) >= 11 is 3.45. The zero-order chi connectivity index (χ0) is 21.3. The van der Waals surface area contributed by atoms with Crippen molar-refractivity contribution in [3.8, 4) is 5.75 Å². The van der Waals surface area contributed by atoms with Crippen LogP contribution in [0.3, 0.4) is 0 Å². The first kappa shape index (κ1) is 22.3. The van der Waals surface area contributed by atoms with Gasteiger partial charge in [0.15, 0.2) is 0 Å². The Balaban J connectivity index is 1.43. The Morgan fingerprint density at radius 1 is 1.03 bits per heavy atom. The number of halogens is 1. The summed E-state index contributed by atoms with van der Waals surface area (Å²) in [6.07, 6.45) is 2.09. The molecule has 1 saturated heterocycles. The minimum atomic E-state index is -0.0406. The Bertz CT molecular complexity index is 857. The van der Waals surface area contributed by atoms with Crippen LogP contribution in [0.2, 0.25) is 0 Å². The molecule has 0 unspecified atom stereocenters. The maximum atomic E-state index is 12.7. The molecule has 30 heavy (non-hydrogen) atoms. The fraction of sp³-hybridized carbons (Fsp3) is 0.391. The molecular weight excluding hydrogens is 446 g/mol. The van der Waals surface area contributed by atoms with Crippen molar-refractivity contribution in [2.45, 2.75) is 19.3 Å². The van der Waals surface area contributed by atoms with Gasteiger partial charge in [0.1, 0.15) is 5.75 Å². The van der Waals surface area contributed by atoms with E-state index in [1.165, 1.54) is 0 Å². The van der Waals surface area contributed by atoms with Gasteiger partial charge >= 0.3 is 0 Å². The molecule has 160 valence electrons. The first-order chi connectivity index (χ1) is 14.5. The van der Waals surface area contributed by atoms with Gasteiger partial charge in [-0.1, -0.05) is 24.3 Å². The lowest BCUT2D eigenvalue weighted by Gasteiger charge is -2.22. The summed E-state index contributed by atoms with van der Waals surface area (Å²) in [6.45, 7) is 3.24. The molecule has 2 amide bonds. The monoisotopic (exact) mass is 473 g/mol. The molecule has 1 heterocycles. The van der Waals surface area contributed by atoms with Gasteiger partial charge in [-0.05, 0) is 58.6 Å². The Labute approximate surface area is 186 Å². The minimum Gasteiger partial charge on any atom is -0.497 e. The number of aryl methyl sites for hydroxylation is 1. The van der Waals surface area contributed by atoms with E-state index in [4.69, 9.17) is 4.74 Å². The van der Waals surface area contributed by atoms with Crippen molar-refractivity contribution in [3.05, 3.63) is 58.6 Å². The molecule has 0 aliphatic carbocycles. The Hall–Kier alpha value is -2.38. The molecular formula is C23H28BrN3O3. The van der Waals surface area contributed by atoms with Crippen LogP contribution in [0, 0.1) is 0 Å². The number of nitrogens with zero attached hydrogens (tertiary/aromatic N) is 2. The van der Waals surface area contributed by atoms with E-state index in [1.54, 1.807) is 7.11 Å². The molecule has 2 aromatic rings. The second-order valence-corrected chi connectivity index (χ2v) is 8.24. The Morgan fingerprint density at radius 3 is 2.53 bits per heavy atom. The van der Waals surface area contributed by atoms with Crippen LogP contribution in [0.5, 0.6) is 5.75 Å². The first-order valence-electron chi connectivity index (χ1n) is 10.2. The second-order valence-electron chi connectivity index (χ2n) is 7.39. The molecule has 6 nitrogen and oxygen atoms in total. The lowest BCUT2D eigenvalue weighted by Crippen LogP contribution is -2.38. The molecule has 0 radical (unpaired) electrons. The van der Waals surface area contributed by atoms with Crippen molar-refractivity contribution in [2.75, 3.05) is 45.2 Å². The summed E-state index contributed by atoms with van der Waals surface area (Å²) in [6, 6.07) is 15.4. The summed E-state index contributed by atoms with van der Waals surface area (Å²) in [7, 11) is 1.64. The molecule has 1 fully saturated rings. The highest BCUT2D eigenvalue weighted by molar-refractivity contribution is 9.10. The van der Waals surface area contributed by atoms with E-state index in [-0.39, 0.29) is 11.8 Å². The standard InChI is InChI=1S/C23H28BrN3O3/c1-30-19-10-7-18(8-11-19)9-12-23(29)27-14-4-13-26(15-16-27)17-22(28)25-21-6-3-2-5-20(21)24/h2-3,5-8,10-11H,4,9,12-17H2,1H3,(H,25,28). The van der Waals surface area contributed by atoms with E-state index in [0.717, 1.165) is 47.4 Å². The summed E-state index contributed by atoms with van der Waals surface area (Å²) in [5, 5.41) is 2.94. The van der Waals surface area contributed by atoms with Gasteiger partial charge in [-0.3, -0.25) is 14.5 Å². The van der Waals surface area contributed by atoms with E-state index < -0.39 is 0 Å². The molecule has 0 spiro atoms. The third-order valence-electron chi connectivity index (χ3n) is 5.24. The number of hydrogen-bond donors (Lipinski definition) is 1. The number of anilines is 1. The van der Waals surface area contributed by atoms with E-state index in [1.807, 2.05) is 53.4 Å². The number of hydrogen-bond acceptors (Lipinski definition) is 4. The number of rotatable bonds is 7. The number of amides is 2. The van der Waals surface area contributed by atoms with Crippen LogP contribution in [0.4, 0.5) is 5.69 Å². The van der Waals surface area contributed by atoms with Crippen molar-refractivity contribution in [1.82, 2.24) is 9.80 Å². The van der Waals surface area contributed by atoms with Gasteiger partial charge in [0.25, 0.3) is 0 Å². The molecule has 1 N–H and O–H groups in total. The number of benzene rings is 2. The zero-order valence-electron chi connectivity index (χ0n) is 17.3. The maximum Gasteiger partial charge on any atom is 0.238 e. The summed E-state index contributed by atoms with van der Waals surface area (Å²) in [5.74, 6) is 0.952. The number of carbonyl (C=O) groups is 2. The van der Waals surface area contributed by atoms with Gasteiger partial charge < -0.3 is 15.0 Å². The Morgan fingerprint density at radius 2 is 1.80 bits per heavy atom. The van der Waals surface area contributed by atoms with Crippen molar-refractivity contribution in [2.24, 2.45) is 0 Å². The van der Waals surface area contributed by atoms with Gasteiger partial charge in [0.2, 0.25) is 11.8 Å². The summed E-state index contributed by atoms with van der Waals surface area (Å²) < 4.78 is 6.03. The number of nitrogens with one attached hydrogen (secondary N) is 1. The largest absolute Gasteiger partial charge is 0.497 e. The molecule has 0 aromatic heterocycles. The van der Waals surface area contributed by atoms with Crippen LogP contribution in [0.1, 0.15) is 18.4 Å². The summed E-state index contributed by atoms with van der Waals surface area (Å²) in [5.41, 5.74) is 1.90. The van der Waals surface area contributed by atoms with Crippen LogP contribution < -0.4 is 10.1 Å². The normalized spacial score (nSPS) is 14.8. The average Bonchev–Trinajstić information content (AvgIpc) is 2.99. The third kappa shape index (κ3) is 6.57.